The van der Waals surface area contributed by atoms with Crippen molar-refractivity contribution >= 4 is 21.8 Å². The third kappa shape index (κ3) is 4.40. The number of hydrogen-bond acceptors (Lipinski definition) is 3. The molecule has 5 heteroatoms. The summed E-state index contributed by atoms with van der Waals surface area (Å²) in [5, 5.41) is 3.18. The Morgan fingerprint density at radius 3 is 2.67 bits per heavy atom. The Morgan fingerprint density at radius 2 is 2.17 bits per heavy atom. The van der Waals surface area contributed by atoms with Gasteiger partial charge in [0.2, 0.25) is 5.91 Å². The molecular weight excluding hydrogens is 294 g/mol. The maximum atomic E-state index is 11.5. The molecule has 4 nitrogen and oxygen atoms in total. The molecule has 0 saturated heterocycles. The Balaban J connectivity index is 2.78. The molecule has 0 saturated carbocycles. The number of primary amides is 1. The van der Waals surface area contributed by atoms with Crippen LogP contribution in [0.1, 0.15) is 17.2 Å². The zero-order chi connectivity index (χ0) is 13.7. The predicted molar refractivity (Wildman–Crippen MR) is 77.4 cm³/mol. The molecule has 100 valence electrons. The van der Waals surface area contributed by atoms with Gasteiger partial charge in [0.05, 0.1) is 0 Å². The molecule has 0 spiro atoms. The van der Waals surface area contributed by atoms with E-state index in [9.17, 15) is 4.79 Å². The second-order valence-electron chi connectivity index (χ2n) is 4.60. The van der Waals surface area contributed by atoms with Crippen molar-refractivity contribution in [3.05, 3.63) is 33.8 Å². The zero-order valence-corrected chi connectivity index (χ0v) is 12.6. The number of likely N-dealkylation sites (N-methyl/N-ethyl adjacent to an activating group) is 1. The molecule has 1 aromatic carbocycles. The van der Waals surface area contributed by atoms with Gasteiger partial charge in [-0.25, -0.2) is 0 Å². The number of benzene rings is 1. The summed E-state index contributed by atoms with van der Waals surface area (Å²) in [6.07, 6.45) is 0. The van der Waals surface area contributed by atoms with Crippen LogP contribution in [0, 0.1) is 6.92 Å². The number of nitrogens with one attached hydrogen (secondary N) is 1. The Bertz CT molecular complexity index is 421. The van der Waals surface area contributed by atoms with Gasteiger partial charge in [-0.2, -0.15) is 0 Å². The molecule has 0 aromatic heterocycles. The van der Waals surface area contributed by atoms with Crippen molar-refractivity contribution in [3.8, 4) is 0 Å². The summed E-state index contributed by atoms with van der Waals surface area (Å²) in [6, 6.07) is 5.39. The fraction of sp³-hybridized carbons (Fsp3) is 0.462. The minimum atomic E-state index is -0.434. The normalized spacial score (nSPS) is 12.7. The van der Waals surface area contributed by atoms with Gasteiger partial charge >= 0.3 is 0 Å². The van der Waals surface area contributed by atoms with Crippen LogP contribution in [0.5, 0.6) is 0 Å². The lowest BCUT2D eigenvalue weighted by Gasteiger charge is -2.18. The van der Waals surface area contributed by atoms with E-state index in [2.05, 4.69) is 26.1 Å². The van der Waals surface area contributed by atoms with Gasteiger partial charge in [-0.15, -0.1) is 0 Å². The smallest absolute Gasteiger partial charge is 0.239 e. The Hall–Kier alpha value is -0.910. The van der Waals surface area contributed by atoms with Gasteiger partial charge < -0.3 is 16.0 Å². The van der Waals surface area contributed by atoms with Crippen molar-refractivity contribution in [2.75, 3.05) is 27.2 Å². The zero-order valence-electron chi connectivity index (χ0n) is 11.0. The number of carbonyl (C=O) groups is 1. The summed E-state index contributed by atoms with van der Waals surface area (Å²) in [7, 11) is 3.98. The lowest BCUT2D eigenvalue weighted by molar-refractivity contribution is -0.120. The largest absolute Gasteiger partial charge is 0.368 e. The fourth-order valence-corrected chi connectivity index (χ4v) is 1.91. The Labute approximate surface area is 117 Å². The van der Waals surface area contributed by atoms with Crippen molar-refractivity contribution in [1.29, 1.82) is 0 Å². The maximum Gasteiger partial charge on any atom is 0.239 e. The van der Waals surface area contributed by atoms with Crippen LogP contribution in [0.2, 0.25) is 0 Å². The minimum Gasteiger partial charge on any atom is -0.368 e. The number of amides is 1. The highest BCUT2D eigenvalue weighted by Crippen LogP contribution is 2.21. The topological polar surface area (TPSA) is 58.4 Å². The van der Waals surface area contributed by atoms with Crippen molar-refractivity contribution in [1.82, 2.24) is 10.2 Å². The molecular formula is C13H20BrN3O. The number of nitrogens with zero attached hydrogens (tertiary/aromatic N) is 1. The molecule has 0 aliphatic rings. The highest BCUT2D eigenvalue weighted by atomic mass is 79.9. The predicted octanol–water partition coefficient (Wildman–Crippen LogP) is 1.44. The third-order valence-electron chi connectivity index (χ3n) is 2.71. The summed E-state index contributed by atoms with van der Waals surface area (Å²) in [5.74, 6) is -0.351. The van der Waals surface area contributed by atoms with Crippen molar-refractivity contribution in [3.63, 3.8) is 0 Å². The van der Waals surface area contributed by atoms with E-state index in [1.807, 2.05) is 39.2 Å². The first kappa shape index (κ1) is 15.1. The van der Waals surface area contributed by atoms with Gasteiger partial charge in [-0.05, 0) is 38.2 Å². The summed E-state index contributed by atoms with van der Waals surface area (Å²) in [5.41, 5.74) is 7.44. The van der Waals surface area contributed by atoms with Crippen molar-refractivity contribution < 1.29 is 4.79 Å². The van der Waals surface area contributed by atoms with Crippen LogP contribution in [0.4, 0.5) is 0 Å². The average Bonchev–Trinajstić information content (AvgIpc) is 2.27. The van der Waals surface area contributed by atoms with Gasteiger partial charge in [0.15, 0.2) is 0 Å². The van der Waals surface area contributed by atoms with Gasteiger partial charge in [-0.3, -0.25) is 4.79 Å². The SMILES string of the molecule is Cc1cc(C(NCCN(C)C)C(N)=O)ccc1Br. The number of rotatable bonds is 6. The van der Waals surface area contributed by atoms with Crippen LogP contribution in [-0.4, -0.2) is 38.0 Å². The van der Waals surface area contributed by atoms with E-state index in [0.29, 0.717) is 0 Å². The quantitative estimate of drug-likeness (QED) is 0.835. The molecule has 1 unspecified atom stereocenters. The molecule has 0 aliphatic carbocycles. The average molecular weight is 314 g/mol. The van der Waals surface area contributed by atoms with E-state index in [1.165, 1.54) is 0 Å². The molecule has 18 heavy (non-hydrogen) atoms. The lowest BCUT2D eigenvalue weighted by Crippen LogP contribution is -2.37. The second kappa shape index (κ2) is 6.87. The van der Waals surface area contributed by atoms with Crippen LogP contribution in [0.3, 0.4) is 0 Å². The number of halogens is 1. The maximum absolute atomic E-state index is 11.5. The van der Waals surface area contributed by atoms with E-state index in [-0.39, 0.29) is 5.91 Å². The summed E-state index contributed by atoms with van der Waals surface area (Å²) < 4.78 is 1.03. The Morgan fingerprint density at radius 1 is 1.50 bits per heavy atom. The number of carbonyl (C=O) groups excluding carboxylic acids is 1. The van der Waals surface area contributed by atoms with Crippen molar-refractivity contribution in [2.45, 2.75) is 13.0 Å². The van der Waals surface area contributed by atoms with E-state index in [4.69, 9.17) is 5.73 Å². The first-order chi connectivity index (χ1) is 8.41. The molecule has 0 radical (unpaired) electrons. The van der Waals surface area contributed by atoms with Crippen LogP contribution in [0.15, 0.2) is 22.7 Å². The molecule has 1 atom stereocenters. The van der Waals surface area contributed by atoms with Crippen LogP contribution in [-0.2, 0) is 4.79 Å². The van der Waals surface area contributed by atoms with E-state index in [0.717, 1.165) is 28.7 Å². The molecule has 0 heterocycles. The van der Waals surface area contributed by atoms with Crippen LogP contribution in [0.25, 0.3) is 0 Å². The van der Waals surface area contributed by atoms with E-state index in [1.54, 1.807) is 0 Å². The summed E-state index contributed by atoms with van der Waals surface area (Å²) in [4.78, 5) is 13.6. The van der Waals surface area contributed by atoms with Gasteiger partial charge in [-0.1, -0.05) is 28.1 Å². The summed E-state index contributed by atoms with van der Waals surface area (Å²) >= 11 is 3.44. The molecule has 1 rings (SSSR count). The first-order valence-electron chi connectivity index (χ1n) is 5.85. The van der Waals surface area contributed by atoms with Crippen LogP contribution < -0.4 is 11.1 Å². The van der Waals surface area contributed by atoms with E-state index < -0.39 is 6.04 Å². The first-order valence-corrected chi connectivity index (χ1v) is 6.64. The molecule has 1 amide bonds. The summed E-state index contributed by atoms with van der Waals surface area (Å²) in [6.45, 7) is 3.57. The minimum absolute atomic E-state index is 0.351. The van der Waals surface area contributed by atoms with E-state index >= 15 is 0 Å². The number of nitrogens with two attached hydrogens (primary N) is 1. The third-order valence-corrected chi connectivity index (χ3v) is 3.60. The van der Waals surface area contributed by atoms with Crippen molar-refractivity contribution in [2.24, 2.45) is 5.73 Å². The van der Waals surface area contributed by atoms with Gasteiger partial charge in [0.1, 0.15) is 6.04 Å². The lowest BCUT2D eigenvalue weighted by atomic mass is 10.0. The molecule has 3 N–H and O–H groups in total. The Kier molecular flexibility index (Phi) is 5.78. The van der Waals surface area contributed by atoms with Crippen LogP contribution >= 0.6 is 15.9 Å². The molecule has 0 aliphatic heterocycles. The van der Waals surface area contributed by atoms with Gasteiger partial charge in [0.25, 0.3) is 0 Å². The highest BCUT2D eigenvalue weighted by molar-refractivity contribution is 9.10. The molecule has 0 bridgehead atoms. The monoisotopic (exact) mass is 313 g/mol. The standard InChI is InChI=1S/C13H20BrN3O/c1-9-8-10(4-5-11(9)14)12(13(15)18)16-6-7-17(2)3/h4-5,8,12,16H,6-7H2,1-3H3,(H2,15,18). The molecule has 0 fully saturated rings. The second-order valence-corrected chi connectivity index (χ2v) is 5.46. The molecule has 1 aromatic rings. The number of aryl methyl sites for hydroxylation is 1. The number of hydrogen-bond donors (Lipinski definition) is 2. The highest BCUT2D eigenvalue weighted by Gasteiger charge is 2.17. The van der Waals surface area contributed by atoms with Gasteiger partial charge in [0, 0.05) is 17.6 Å². The fourth-order valence-electron chi connectivity index (χ4n) is 1.66.